The highest BCUT2D eigenvalue weighted by Gasteiger charge is 2.10. The van der Waals surface area contributed by atoms with Gasteiger partial charge >= 0.3 is 0 Å². The molecule has 0 spiro atoms. The van der Waals surface area contributed by atoms with E-state index in [9.17, 15) is 8.42 Å². The summed E-state index contributed by atoms with van der Waals surface area (Å²) in [5, 5.41) is 7.18. The van der Waals surface area contributed by atoms with Crippen molar-refractivity contribution in [3.8, 4) is 0 Å². The predicted octanol–water partition coefficient (Wildman–Crippen LogP) is 2.77. The van der Waals surface area contributed by atoms with Gasteiger partial charge in [0.15, 0.2) is 5.96 Å². The molecule has 27 heavy (non-hydrogen) atoms. The molecule has 0 bridgehead atoms. The van der Waals surface area contributed by atoms with Crippen molar-refractivity contribution in [1.82, 2.24) is 15.4 Å². The number of hydrogen-bond acceptors (Lipinski definition) is 3. The van der Waals surface area contributed by atoms with Crippen molar-refractivity contribution in [3.05, 3.63) is 64.7 Å². The fourth-order valence-electron chi connectivity index (χ4n) is 2.33. The standard InChI is InChI=1S/C18H23ClN4O2S.HI/c1-20-18(22-11-10-14-4-3-5-16(19)12-14)23-13-15-6-8-17(9-7-15)26(24,25)21-2;/h3-9,12,21H,10-11,13H2,1-2H3,(H2,20,22,23);1H. The van der Waals surface area contributed by atoms with Crippen molar-refractivity contribution in [2.75, 3.05) is 20.6 Å². The molecule has 0 saturated heterocycles. The molecule has 0 radical (unpaired) electrons. The molecule has 0 heterocycles. The Kier molecular flexibility index (Phi) is 10.1. The van der Waals surface area contributed by atoms with Crippen molar-refractivity contribution in [2.45, 2.75) is 17.9 Å². The molecule has 0 aromatic heterocycles. The Bertz CT molecular complexity index is 858. The van der Waals surface area contributed by atoms with E-state index < -0.39 is 10.0 Å². The molecule has 6 nitrogen and oxygen atoms in total. The second-order valence-corrected chi connectivity index (χ2v) is 7.91. The molecule has 148 valence electrons. The maximum Gasteiger partial charge on any atom is 0.240 e. The highest BCUT2D eigenvalue weighted by molar-refractivity contribution is 14.0. The molecule has 0 aliphatic heterocycles. The predicted molar refractivity (Wildman–Crippen MR) is 121 cm³/mol. The zero-order valence-electron chi connectivity index (χ0n) is 15.2. The molecule has 0 fully saturated rings. The minimum absolute atomic E-state index is 0. The molecule has 2 aromatic rings. The van der Waals surface area contributed by atoms with Crippen molar-refractivity contribution in [1.29, 1.82) is 0 Å². The average Bonchev–Trinajstić information content (AvgIpc) is 2.65. The summed E-state index contributed by atoms with van der Waals surface area (Å²) in [6, 6.07) is 14.5. The van der Waals surface area contributed by atoms with Gasteiger partial charge in [0.2, 0.25) is 10.0 Å². The van der Waals surface area contributed by atoms with Gasteiger partial charge in [-0.05, 0) is 48.9 Å². The van der Waals surface area contributed by atoms with Crippen LogP contribution in [0.2, 0.25) is 5.02 Å². The van der Waals surface area contributed by atoms with Crippen molar-refractivity contribution in [2.24, 2.45) is 4.99 Å². The fraction of sp³-hybridized carbons (Fsp3) is 0.278. The Morgan fingerprint density at radius 3 is 2.37 bits per heavy atom. The van der Waals surface area contributed by atoms with Crippen LogP contribution in [0.4, 0.5) is 0 Å². The van der Waals surface area contributed by atoms with E-state index in [1.165, 1.54) is 7.05 Å². The second-order valence-electron chi connectivity index (χ2n) is 5.58. The number of nitrogens with zero attached hydrogens (tertiary/aromatic N) is 1. The highest BCUT2D eigenvalue weighted by atomic mass is 127. The number of sulfonamides is 1. The van der Waals surface area contributed by atoms with Crippen LogP contribution in [0.3, 0.4) is 0 Å². The molecule has 9 heteroatoms. The number of nitrogens with one attached hydrogen (secondary N) is 3. The van der Waals surface area contributed by atoms with Gasteiger partial charge in [-0.1, -0.05) is 35.9 Å². The highest BCUT2D eigenvalue weighted by Crippen LogP contribution is 2.11. The van der Waals surface area contributed by atoms with Crippen LogP contribution in [-0.2, 0) is 23.0 Å². The maximum absolute atomic E-state index is 11.7. The van der Waals surface area contributed by atoms with E-state index in [0.29, 0.717) is 12.5 Å². The Labute approximate surface area is 182 Å². The number of aliphatic imine (C=N–C) groups is 1. The van der Waals surface area contributed by atoms with Gasteiger partial charge < -0.3 is 10.6 Å². The summed E-state index contributed by atoms with van der Waals surface area (Å²) in [5.74, 6) is 0.680. The van der Waals surface area contributed by atoms with Crippen LogP contribution in [0.15, 0.2) is 58.4 Å². The van der Waals surface area contributed by atoms with Crippen molar-refractivity contribution in [3.63, 3.8) is 0 Å². The summed E-state index contributed by atoms with van der Waals surface area (Å²) < 4.78 is 25.7. The molecule has 0 amide bonds. The molecule has 2 aromatic carbocycles. The minimum Gasteiger partial charge on any atom is -0.356 e. The van der Waals surface area contributed by atoms with Crippen LogP contribution in [0, 0.1) is 0 Å². The lowest BCUT2D eigenvalue weighted by Crippen LogP contribution is -2.37. The van der Waals surface area contributed by atoms with Gasteiger partial charge in [0.05, 0.1) is 4.90 Å². The molecule has 3 N–H and O–H groups in total. The number of halogens is 2. The van der Waals surface area contributed by atoms with E-state index in [0.717, 1.165) is 29.1 Å². The van der Waals surface area contributed by atoms with Gasteiger partial charge in [0.1, 0.15) is 0 Å². The summed E-state index contributed by atoms with van der Waals surface area (Å²) in [6.07, 6.45) is 0.831. The Hall–Kier alpha value is -1.36. The maximum atomic E-state index is 11.7. The number of hydrogen-bond donors (Lipinski definition) is 3. The van der Waals surface area contributed by atoms with Gasteiger partial charge in [-0.2, -0.15) is 0 Å². The van der Waals surface area contributed by atoms with Crippen LogP contribution in [0.25, 0.3) is 0 Å². The largest absolute Gasteiger partial charge is 0.356 e. The molecule has 0 unspecified atom stereocenters. The zero-order valence-corrected chi connectivity index (χ0v) is 19.1. The van der Waals surface area contributed by atoms with Crippen LogP contribution < -0.4 is 15.4 Å². The van der Waals surface area contributed by atoms with E-state index in [-0.39, 0.29) is 28.9 Å². The molecule has 0 atom stereocenters. The number of rotatable bonds is 7. The van der Waals surface area contributed by atoms with Crippen molar-refractivity contribution < 1.29 is 8.42 Å². The molecular formula is C18H24ClIN4O2S. The Morgan fingerprint density at radius 2 is 1.78 bits per heavy atom. The molecule has 0 aliphatic rings. The van der Waals surface area contributed by atoms with Gasteiger partial charge in [0, 0.05) is 25.2 Å². The molecule has 0 aliphatic carbocycles. The van der Waals surface area contributed by atoms with Crippen molar-refractivity contribution >= 4 is 51.6 Å². The molecule has 0 saturated carbocycles. The Balaban J connectivity index is 0.00000364. The summed E-state index contributed by atoms with van der Waals surface area (Å²) in [6.45, 7) is 1.26. The summed E-state index contributed by atoms with van der Waals surface area (Å²) in [4.78, 5) is 4.43. The smallest absolute Gasteiger partial charge is 0.240 e. The second kappa shape index (κ2) is 11.5. The van der Waals surface area contributed by atoms with Crippen LogP contribution in [0.1, 0.15) is 11.1 Å². The summed E-state index contributed by atoms with van der Waals surface area (Å²) in [5.41, 5.74) is 2.11. The first-order valence-electron chi connectivity index (χ1n) is 8.16. The average molecular weight is 523 g/mol. The number of guanidine groups is 1. The quantitative estimate of drug-likeness (QED) is 0.297. The Morgan fingerprint density at radius 1 is 1.07 bits per heavy atom. The minimum atomic E-state index is -3.41. The van der Waals surface area contributed by atoms with Crippen LogP contribution in [-0.4, -0.2) is 35.0 Å². The topological polar surface area (TPSA) is 82.6 Å². The zero-order chi connectivity index (χ0) is 19.0. The van der Waals surface area contributed by atoms with E-state index >= 15 is 0 Å². The van der Waals surface area contributed by atoms with Gasteiger partial charge in [-0.25, -0.2) is 13.1 Å². The van der Waals surface area contributed by atoms with Gasteiger partial charge in [-0.15, -0.1) is 24.0 Å². The summed E-state index contributed by atoms with van der Waals surface area (Å²) in [7, 11) is -0.310. The van der Waals surface area contributed by atoms with E-state index in [1.807, 2.05) is 24.3 Å². The first kappa shape index (κ1) is 23.7. The lowest BCUT2D eigenvalue weighted by Gasteiger charge is -2.12. The SMILES string of the molecule is CN=C(NCCc1cccc(Cl)c1)NCc1ccc(S(=O)(=O)NC)cc1.I. The van der Waals surface area contributed by atoms with Gasteiger partial charge in [0.25, 0.3) is 0 Å². The summed E-state index contributed by atoms with van der Waals surface area (Å²) >= 11 is 5.98. The normalized spacial score (nSPS) is 11.6. The third-order valence-electron chi connectivity index (χ3n) is 3.78. The molecule has 2 rings (SSSR count). The monoisotopic (exact) mass is 522 g/mol. The van der Waals surface area contributed by atoms with E-state index in [1.54, 1.807) is 31.3 Å². The molecular weight excluding hydrogens is 499 g/mol. The first-order valence-corrected chi connectivity index (χ1v) is 10.0. The third-order valence-corrected chi connectivity index (χ3v) is 5.45. The van der Waals surface area contributed by atoms with E-state index in [2.05, 4.69) is 20.3 Å². The lowest BCUT2D eigenvalue weighted by molar-refractivity contribution is 0.588. The lowest BCUT2D eigenvalue weighted by atomic mass is 10.1. The van der Waals surface area contributed by atoms with Crippen LogP contribution >= 0.6 is 35.6 Å². The third kappa shape index (κ3) is 7.65. The van der Waals surface area contributed by atoms with E-state index in [4.69, 9.17) is 11.6 Å². The number of benzene rings is 2. The first-order chi connectivity index (χ1) is 12.4. The van der Waals surface area contributed by atoms with Crippen LogP contribution in [0.5, 0.6) is 0 Å². The van der Waals surface area contributed by atoms with Gasteiger partial charge in [-0.3, -0.25) is 4.99 Å². The fourth-order valence-corrected chi connectivity index (χ4v) is 3.27.